The van der Waals surface area contributed by atoms with Gasteiger partial charge in [-0.2, -0.15) is 0 Å². The Balaban J connectivity index is 1.44. The Bertz CT molecular complexity index is 1340. The van der Waals surface area contributed by atoms with Crippen molar-refractivity contribution in [3.63, 3.8) is 0 Å². The standard InChI is InChI=1S/C31H31FO4/c1-31(2)13-5-8-28(31)25-14-19(9-11-23(25)26-16-21(35-3)10-12-29(26)32)18-36-22-7-4-6-20(15-22)24-17-27(24)30(33)34/h4,6-12,14-16,24,27H,5,13,17-18H2,1-3H3,(H,33,34)/t24-,27+/m0/s1. The zero-order chi connectivity index (χ0) is 25.4. The third-order valence-electron chi connectivity index (χ3n) is 7.48. The molecule has 0 radical (unpaired) electrons. The van der Waals surface area contributed by atoms with E-state index in [2.05, 4.69) is 26.0 Å². The molecule has 36 heavy (non-hydrogen) atoms. The minimum atomic E-state index is -0.740. The normalized spacial score (nSPS) is 20.1. The molecule has 1 saturated carbocycles. The number of hydrogen-bond donors (Lipinski definition) is 1. The topological polar surface area (TPSA) is 55.8 Å². The molecule has 2 aliphatic carbocycles. The summed E-state index contributed by atoms with van der Waals surface area (Å²) in [5.41, 5.74) is 5.57. The summed E-state index contributed by atoms with van der Waals surface area (Å²) in [5.74, 6) is 0.0738. The van der Waals surface area contributed by atoms with Gasteiger partial charge in [-0.25, -0.2) is 4.39 Å². The molecule has 2 aliphatic rings. The molecule has 186 valence electrons. The molecule has 2 atom stereocenters. The van der Waals surface area contributed by atoms with Crippen molar-refractivity contribution in [2.45, 2.75) is 45.6 Å². The van der Waals surface area contributed by atoms with Gasteiger partial charge in [-0.3, -0.25) is 4.79 Å². The van der Waals surface area contributed by atoms with Crippen molar-refractivity contribution < 1.29 is 23.8 Å². The number of methoxy groups -OCH3 is 1. The molecule has 0 aliphatic heterocycles. The number of allylic oxidation sites excluding steroid dienone is 2. The Hall–Kier alpha value is -3.60. The van der Waals surface area contributed by atoms with Crippen molar-refractivity contribution in [3.8, 4) is 22.6 Å². The zero-order valence-corrected chi connectivity index (χ0v) is 20.9. The molecule has 4 nitrogen and oxygen atoms in total. The highest BCUT2D eigenvalue weighted by molar-refractivity contribution is 5.85. The van der Waals surface area contributed by atoms with E-state index in [1.54, 1.807) is 19.2 Å². The van der Waals surface area contributed by atoms with E-state index < -0.39 is 5.97 Å². The Morgan fingerprint density at radius 2 is 1.86 bits per heavy atom. The highest BCUT2D eigenvalue weighted by Crippen LogP contribution is 2.49. The van der Waals surface area contributed by atoms with E-state index in [1.807, 2.05) is 36.4 Å². The SMILES string of the molecule is COc1ccc(F)c(-c2ccc(COc3cccc([C@@H]4C[C@H]4C(=O)O)c3)cc2C2=CCCC2(C)C)c1. The van der Waals surface area contributed by atoms with Crippen LogP contribution in [0.5, 0.6) is 11.5 Å². The highest BCUT2D eigenvalue weighted by atomic mass is 19.1. The van der Waals surface area contributed by atoms with Crippen LogP contribution in [0.25, 0.3) is 16.7 Å². The van der Waals surface area contributed by atoms with E-state index >= 15 is 0 Å². The third-order valence-corrected chi connectivity index (χ3v) is 7.48. The van der Waals surface area contributed by atoms with E-state index in [0.717, 1.165) is 35.1 Å². The molecule has 5 rings (SSSR count). The summed E-state index contributed by atoms with van der Waals surface area (Å²) in [6.45, 7) is 4.82. The molecular formula is C31H31FO4. The van der Waals surface area contributed by atoms with E-state index in [-0.39, 0.29) is 23.1 Å². The number of carboxylic acids is 1. The summed E-state index contributed by atoms with van der Waals surface area (Å²) < 4.78 is 26.5. The van der Waals surface area contributed by atoms with Gasteiger partial charge in [0.05, 0.1) is 13.0 Å². The van der Waals surface area contributed by atoms with E-state index in [4.69, 9.17) is 9.47 Å². The number of carbonyl (C=O) groups is 1. The second kappa shape index (κ2) is 9.45. The maximum atomic E-state index is 15.0. The van der Waals surface area contributed by atoms with Gasteiger partial charge in [0.15, 0.2) is 0 Å². The van der Waals surface area contributed by atoms with Gasteiger partial charge in [0, 0.05) is 5.56 Å². The quantitative estimate of drug-likeness (QED) is 0.359. The van der Waals surface area contributed by atoms with Crippen LogP contribution in [0.15, 0.2) is 66.7 Å². The van der Waals surface area contributed by atoms with Crippen molar-refractivity contribution in [2.75, 3.05) is 7.11 Å². The summed E-state index contributed by atoms with van der Waals surface area (Å²) in [7, 11) is 1.58. The Morgan fingerprint density at radius 1 is 1.03 bits per heavy atom. The molecule has 0 unspecified atom stereocenters. The molecule has 5 heteroatoms. The summed E-state index contributed by atoms with van der Waals surface area (Å²) in [4.78, 5) is 11.2. The number of benzene rings is 3. The zero-order valence-electron chi connectivity index (χ0n) is 20.9. The number of hydrogen-bond acceptors (Lipinski definition) is 3. The summed E-state index contributed by atoms with van der Waals surface area (Å²) in [5, 5.41) is 9.24. The van der Waals surface area contributed by atoms with Crippen molar-refractivity contribution >= 4 is 11.5 Å². The van der Waals surface area contributed by atoms with E-state index in [0.29, 0.717) is 30.1 Å². The first-order valence-corrected chi connectivity index (χ1v) is 12.4. The van der Waals surface area contributed by atoms with Crippen LogP contribution in [0.4, 0.5) is 4.39 Å². The van der Waals surface area contributed by atoms with Gasteiger partial charge >= 0.3 is 5.97 Å². The maximum absolute atomic E-state index is 15.0. The van der Waals surface area contributed by atoms with Gasteiger partial charge in [0.25, 0.3) is 0 Å². The molecule has 0 spiro atoms. The summed E-state index contributed by atoms with van der Waals surface area (Å²) in [6.07, 6.45) is 4.98. The average Bonchev–Trinajstić information content (AvgIpc) is 3.60. The highest BCUT2D eigenvalue weighted by Gasteiger charge is 2.44. The van der Waals surface area contributed by atoms with Gasteiger partial charge in [-0.15, -0.1) is 0 Å². The average molecular weight is 487 g/mol. The predicted octanol–water partition coefficient (Wildman–Crippen LogP) is 7.47. The molecule has 1 N–H and O–H groups in total. The Morgan fingerprint density at radius 3 is 2.56 bits per heavy atom. The van der Waals surface area contributed by atoms with Crippen LogP contribution in [0.3, 0.4) is 0 Å². The van der Waals surface area contributed by atoms with Crippen molar-refractivity contribution in [1.29, 1.82) is 0 Å². The van der Waals surface area contributed by atoms with Crippen molar-refractivity contribution in [2.24, 2.45) is 11.3 Å². The van der Waals surface area contributed by atoms with Gasteiger partial charge < -0.3 is 14.6 Å². The maximum Gasteiger partial charge on any atom is 0.307 e. The van der Waals surface area contributed by atoms with Crippen molar-refractivity contribution in [3.05, 3.63) is 89.2 Å². The van der Waals surface area contributed by atoms with Gasteiger partial charge in [-0.1, -0.05) is 44.2 Å². The van der Waals surface area contributed by atoms with Crippen LogP contribution < -0.4 is 9.47 Å². The Labute approximate surface area is 211 Å². The smallest absolute Gasteiger partial charge is 0.307 e. The fraction of sp³-hybridized carbons (Fsp3) is 0.323. The predicted molar refractivity (Wildman–Crippen MR) is 139 cm³/mol. The number of carboxylic acid groups (broad SMARTS) is 1. The summed E-state index contributed by atoms with van der Waals surface area (Å²) >= 11 is 0. The largest absolute Gasteiger partial charge is 0.497 e. The van der Waals surface area contributed by atoms with Crippen LogP contribution in [0, 0.1) is 17.2 Å². The van der Waals surface area contributed by atoms with Crippen LogP contribution in [0.1, 0.15) is 55.7 Å². The molecule has 0 amide bonds. The number of halogens is 1. The summed E-state index contributed by atoms with van der Waals surface area (Å²) in [6, 6.07) is 18.6. The van der Waals surface area contributed by atoms with Gasteiger partial charge in [0.2, 0.25) is 0 Å². The first-order chi connectivity index (χ1) is 17.3. The van der Waals surface area contributed by atoms with Gasteiger partial charge in [-0.05, 0) is 94.8 Å². The lowest BCUT2D eigenvalue weighted by molar-refractivity contribution is -0.138. The second-order valence-corrected chi connectivity index (χ2v) is 10.4. The lowest BCUT2D eigenvalue weighted by Crippen LogP contribution is -2.10. The first-order valence-electron chi connectivity index (χ1n) is 12.4. The molecule has 0 bridgehead atoms. The first kappa shape index (κ1) is 24.1. The van der Waals surface area contributed by atoms with Crippen LogP contribution in [-0.4, -0.2) is 18.2 Å². The molecule has 0 heterocycles. The third kappa shape index (κ3) is 4.75. The number of ether oxygens (including phenoxy) is 2. The molecule has 0 saturated heterocycles. The fourth-order valence-corrected chi connectivity index (χ4v) is 5.28. The lowest BCUT2D eigenvalue weighted by atomic mass is 9.79. The van der Waals surface area contributed by atoms with Crippen LogP contribution in [0.2, 0.25) is 0 Å². The fourth-order valence-electron chi connectivity index (χ4n) is 5.28. The molecule has 3 aromatic carbocycles. The number of rotatable bonds is 8. The molecule has 1 fully saturated rings. The number of aliphatic carboxylic acids is 1. The van der Waals surface area contributed by atoms with E-state index in [9.17, 15) is 14.3 Å². The Kier molecular flexibility index (Phi) is 6.33. The molecular weight excluding hydrogens is 455 g/mol. The van der Waals surface area contributed by atoms with Gasteiger partial charge in [0.1, 0.15) is 23.9 Å². The monoisotopic (exact) mass is 486 g/mol. The molecule has 0 aromatic heterocycles. The lowest BCUT2D eigenvalue weighted by Gasteiger charge is -2.25. The second-order valence-electron chi connectivity index (χ2n) is 10.4. The molecule has 3 aromatic rings. The van der Waals surface area contributed by atoms with Crippen LogP contribution in [-0.2, 0) is 11.4 Å². The van der Waals surface area contributed by atoms with Crippen molar-refractivity contribution in [1.82, 2.24) is 0 Å². The minimum absolute atomic E-state index is 0.0111. The minimum Gasteiger partial charge on any atom is -0.497 e. The van der Waals surface area contributed by atoms with E-state index in [1.165, 1.54) is 11.6 Å². The van der Waals surface area contributed by atoms with Crippen LogP contribution >= 0.6 is 0 Å².